The van der Waals surface area contributed by atoms with E-state index in [1.807, 2.05) is 0 Å². The van der Waals surface area contributed by atoms with Gasteiger partial charge in [-0.05, 0) is 0 Å². The molecule has 66 valence electrons. The summed E-state index contributed by atoms with van der Waals surface area (Å²) in [6.07, 6.45) is 0. The first-order valence-corrected chi connectivity index (χ1v) is 3.94. The van der Waals surface area contributed by atoms with Crippen LogP contribution in [0.3, 0.4) is 0 Å². The minimum atomic E-state index is 0.498. The molecule has 0 amide bonds. The molecule has 0 aromatic rings. The van der Waals surface area contributed by atoms with E-state index < -0.39 is 0 Å². The van der Waals surface area contributed by atoms with Gasteiger partial charge in [0.25, 0.3) is 0 Å². The maximum Gasteiger partial charge on any atom is 0.227 e. The number of rotatable bonds is 6. The predicted octanol–water partition coefficient (Wildman–Crippen LogP) is 0.0857. The van der Waals surface area contributed by atoms with Gasteiger partial charge in [0, 0.05) is 13.1 Å². The van der Waals surface area contributed by atoms with E-state index in [1.165, 1.54) is 0 Å². The van der Waals surface area contributed by atoms with E-state index >= 15 is 0 Å². The molecule has 0 aromatic heterocycles. The van der Waals surface area contributed by atoms with Crippen LogP contribution in [-0.4, -0.2) is 44.2 Å². The Balaban J connectivity index is 3.57. The van der Waals surface area contributed by atoms with Crippen molar-refractivity contribution in [2.24, 2.45) is 5.73 Å². The fraction of sp³-hybridized carbons (Fsp3) is 0.750. The average Bonchev–Trinajstić information content (AvgIpc) is 2.10. The smallest absolute Gasteiger partial charge is 0.227 e. The Kier molecular flexibility index (Phi) is 7.27. The zero-order valence-electron chi connectivity index (χ0n) is 7.16. The van der Waals surface area contributed by atoms with Gasteiger partial charge in [-0.15, -0.1) is 0 Å². The Morgan fingerprint density at radius 1 is 1.00 bits per heavy atom. The van der Waals surface area contributed by atoms with Crippen LogP contribution >= 0.6 is 0 Å². The molecular formula is C8H14N4. The first-order chi connectivity index (χ1) is 5.85. The molecular weight excluding hydrogens is 152 g/mol. The first kappa shape index (κ1) is 10.9. The molecule has 0 heterocycles. The lowest BCUT2D eigenvalue weighted by Gasteiger charge is -2.15. The summed E-state index contributed by atoms with van der Waals surface area (Å²) in [6.45, 7) is 17.1. The van der Waals surface area contributed by atoms with E-state index in [2.05, 4.69) is 14.6 Å². The zero-order valence-corrected chi connectivity index (χ0v) is 7.16. The van der Waals surface area contributed by atoms with Crippen molar-refractivity contribution in [1.29, 1.82) is 0 Å². The van der Waals surface area contributed by atoms with Gasteiger partial charge >= 0.3 is 0 Å². The third-order valence-electron chi connectivity index (χ3n) is 1.50. The molecule has 2 N–H and O–H groups in total. The van der Waals surface area contributed by atoms with Crippen molar-refractivity contribution in [3.63, 3.8) is 0 Å². The van der Waals surface area contributed by atoms with Crippen LogP contribution in [0.5, 0.6) is 0 Å². The van der Waals surface area contributed by atoms with Gasteiger partial charge in [0.05, 0.1) is 13.1 Å². The summed E-state index contributed by atoms with van der Waals surface area (Å²) in [4.78, 5) is 8.56. The van der Waals surface area contributed by atoms with E-state index in [0.717, 1.165) is 19.6 Å². The number of nitrogens with two attached hydrogens (primary N) is 1. The summed E-state index contributed by atoms with van der Waals surface area (Å²) in [6, 6.07) is 0. The van der Waals surface area contributed by atoms with Gasteiger partial charge in [-0.1, -0.05) is 0 Å². The van der Waals surface area contributed by atoms with Crippen LogP contribution in [0.25, 0.3) is 9.69 Å². The Bertz CT molecular complexity index is 158. The lowest BCUT2D eigenvalue weighted by Crippen LogP contribution is -2.33. The Labute approximate surface area is 73.6 Å². The lowest BCUT2D eigenvalue weighted by atomic mass is 10.4. The van der Waals surface area contributed by atoms with Gasteiger partial charge in [-0.2, -0.15) is 0 Å². The summed E-state index contributed by atoms with van der Waals surface area (Å²) in [5, 5.41) is 0. The van der Waals surface area contributed by atoms with E-state index in [4.69, 9.17) is 18.9 Å². The van der Waals surface area contributed by atoms with E-state index in [9.17, 15) is 0 Å². The molecule has 0 aliphatic carbocycles. The Hall–Kier alpha value is -1.10. The summed E-state index contributed by atoms with van der Waals surface area (Å²) in [5.74, 6) is 0. The summed E-state index contributed by atoms with van der Waals surface area (Å²) < 4.78 is 0. The molecule has 0 saturated heterocycles. The third-order valence-corrected chi connectivity index (χ3v) is 1.50. The van der Waals surface area contributed by atoms with Gasteiger partial charge in [0.2, 0.25) is 13.1 Å². The number of nitrogens with zero attached hydrogens (tertiary/aromatic N) is 3. The molecule has 0 aliphatic heterocycles. The van der Waals surface area contributed by atoms with Crippen molar-refractivity contribution in [1.82, 2.24) is 4.90 Å². The van der Waals surface area contributed by atoms with Gasteiger partial charge in [0.1, 0.15) is 0 Å². The predicted molar refractivity (Wildman–Crippen MR) is 48.4 cm³/mol. The SMILES string of the molecule is [C-]#[N+]CCN(CCN)CC[N+]#[C-]. The highest BCUT2D eigenvalue weighted by atomic mass is 15.1. The van der Waals surface area contributed by atoms with Crippen molar-refractivity contribution in [3.8, 4) is 0 Å². The molecule has 12 heavy (non-hydrogen) atoms. The molecule has 0 radical (unpaired) electrons. The second kappa shape index (κ2) is 8.00. The Morgan fingerprint density at radius 3 is 1.83 bits per heavy atom. The molecule has 0 unspecified atom stereocenters. The first-order valence-electron chi connectivity index (χ1n) is 3.94. The van der Waals surface area contributed by atoms with Crippen molar-refractivity contribution in [3.05, 3.63) is 22.8 Å². The van der Waals surface area contributed by atoms with Crippen molar-refractivity contribution < 1.29 is 0 Å². The summed E-state index contributed by atoms with van der Waals surface area (Å²) >= 11 is 0. The van der Waals surface area contributed by atoms with Crippen LogP contribution < -0.4 is 5.73 Å². The van der Waals surface area contributed by atoms with Crippen LogP contribution in [0, 0.1) is 13.1 Å². The monoisotopic (exact) mass is 166 g/mol. The molecule has 4 heteroatoms. The largest absolute Gasteiger partial charge is 0.329 e. The molecule has 0 spiro atoms. The molecule has 4 nitrogen and oxygen atoms in total. The minimum absolute atomic E-state index is 0.498. The van der Waals surface area contributed by atoms with Crippen LogP contribution in [0.2, 0.25) is 0 Å². The highest BCUT2D eigenvalue weighted by Crippen LogP contribution is 1.87. The van der Waals surface area contributed by atoms with Crippen molar-refractivity contribution in [2.75, 3.05) is 39.3 Å². The standard InChI is InChI=1S/C8H14N4/c1-10-4-7-12(6-3-9)8-5-11-2/h3-9H2. The number of hydrogen-bond donors (Lipinski definition) is 1. The molecule has 0 aliphatic rings. The van der Waals surface area contributed by atoms with Gasteiger partial charge in [0.15, 0.2) is 0 Å². The van der Waals surface area contributed by atoms with Gasteiger partial charge in [-0.3, -0.25) is 4.90 Å². The van der Waals surface area contributed by atoms with E-state index in [-0.39, 0.29) is 0 Å². The summed E-state index contributed by atoms with van der Waals surface area (Å²) in [7, 11) is 0. The Morgan fingerprint density at radius 2 is 1.50 bits per heavy atom. The summed E-state index contributed by atoms with van der Waals surface area (Å²) in [5.41, 5.74) is 5.38. The second-order valence-electron chi connectivity index (χ2n) is 2.39. The van der Waals surface area contributed by atoms with Crippen LogP contribution in [-0.2, 0) is 0 Å². The van der Waals surface area contributed by atoms with E-state index in [1.54, 1.807) is 0 Å². The highest BCUT2D eigenvalue weighted by molar-refractivity contribution is 4.70. The molecule has 0 rings (SSSR count). The fourth-order valence-corrected chi connectivity index (χ4v) is 0.901. The van der Waals surface area contributed by atoms with Gasteiger partial charge in [-0.25, -0.2) is 13.1 Å². The molecule has 0 atom stereocenters. The molecule has 0 saturated carbocycles. The van der Waals surface area contributed by atoms with Crippen molar-refractivity contribution >= 4 is 0 Å². The lowest BCUT2D eigenvalue weighted by molar-refractivity contribution is 0.307. The van der Waals surface area contributed by atoms with Crippen LogP contribution in [0.1, 0.15) is 0 Å². The molecule has 0 fully saturated rings. The van der Waals surface area contributed by atoms with Crippen LogP contribution in [0.4, 0.5) is 0 Å². The van der Waals surface area contributed by atoms with E-state index in [0.29, 0.717) is 19.6 Å². The highest BCUT2D eigenvalue weighted by Gasteiger charge is 2.05. The zero-order chi connectivity index (χ0) is 9.23. The maximum absolute atomic E-state index is 6.61. The minimum Gasteiger partial charge on any atom is -0.329 e. The topological polar surface area (TPSA) is 38.0 Å². The van der Waals surface area contributed by atoms with Gasteiger partial charge < -0.3 is 15.4 Å². The molecule has 0 aromatic carbocycles. The average molecular weight is 166 g/mol. The third kappa shape index (κ3) is 5.67. The quantitative estimate of drug-likeness (QED) is 0.568. The normalized spacial score (nSPS) is 9.33. The molecule has 0 bridgehead atoms. The second-order valence-corrected chi connectivity index (χ2v) is 2.39. The maximum atomic E-state index is 6.61. The van der Waals surface area contributed by atoms with Crippen LogP contribution in [0.15, 0.2) is 0 Å². The number of hydrogen-bond acceptors (Lipinski definition) is 2. The fourth-order valence-electron chi connectivity index (χ4n) is 0.901. The van der Waals surface area contributed by atoms with Crippen molar-refractivity contribution in [2.45, 2.75) is 0 Å².